The Labute approximate surface area is 164 Å². The fourth-order valence-electron chi connectivity index (χ4n) is 3.26. The molecule has 2 aromatic rings. The Morgan fingerprint density at radius 2 is 1.75 bits per heavy atom. The number of alkyl halides is 2. The van der Waals surface area contributed by atoms with Crippen molar-refractivity contribution in [3.8, 4) is 11.5 Å². The van der Waals surface area contributed by atoms with Crippen LogP contribution in [0.3, 0.4) is 0 Å². The number of amides is 1. The van der Waals surface area contributed by atoms with Crippen molar-refractivity contribution in [1.82, 2.24) is 0 Å². The molecule has 2 aromatic carbocycles. The number of anilines is 1. The van der Waals surface area contributed by atoms with Crippen LogP contribution in [-0.4, -0.2) is 33.2 Å². The Bertz CT molecular complexity index is 817. The number of hydrogen-bond acceptors (Lipinski definition) is 3. The third-order valence-electron chi connectivity index (χ3n) is 4.35. The maximum atomic E-state index is 12.4. The van der Waals surface area contributed by atoms with E-state index in [1.165, 1.54) is 13.2 Å². The van der Waals surface area contributed by atoms with Crippen molar-refractivity contribution in [2.75, 3.05) is 26.0 Å². The molecule has 0 aromatic heterocycles. The second-order valence-electron chi connectivity index (χ2n) is 7.00. The zero-order chi connectivity index (χ0) is 20.8. The van der Waals surface area contributed by atoms with Crippen molar-refractivity contribution < 1.29 is 27.9 Å². The van der Waals surface area contributed by atoms with Gasteiger partial charge in [0.25, 0.3) is 5.91 Å². The van der Waals surface area contributed by atoms with Gasteiger partial charge >= 0.3 is 6.61 Å². The standard InChI is InChI=1S/C21H26F2N2O3/c1-13-8-14(2)20(15(3)9-13)24-19(26)12-25(4)11-16-6-7-17(28-21(22)23)18(10-16)27-5/h6-10,21H,11-12H2,1-5H3,(H,24,26)/p+1. The lowest BCUT2D eigenvalue weighted by molar-refractivity contribution is -0.885. The van der Waals surface area contributed by atoms with Crippen LogP contribution >= 0.6 is 0 Å². The predicted octanol–water partition coefficient (Wildman–Crippen LogP) is 2.88. The van der Waals surface area contributed by atoms with Crippen LogP contribution in [-0.2, 0) is 11.3 Å². The van der Waals surface area contributed by atoms with Gasteiger partial charge in [-0.15, -0.1) is 0 Å². The second-order valence-corrected chi connectivity index (χ2v) is 7.00. The summed E-state index contributed by atoms with van der Waals surface area (Å²) in [6.45, 7) is 3.86. The van der Waals surface area contributed by atoms with Crippen LogP contribution in [0.5, 0.6) is 11.5 Å². The van der Waals surface area contributed by atoms with Gasteiger partial charge in [-0.1, -0.05) is 17.7 Å². The molecule has 0 bridgehead atoms. The second kappa shape index (κ2) is 9.50. The quantitative estimate of drug-likeness (QED) is 0.725. The SMILES string of the molecule is COc1cc(C[NH+](C)CC(=O)Nc2c(C)cc(C)cc2C)ccc1OC(F)F. The van der Waals surface area contributed by atoms with Crippen LogP contribution < -0.4 is 19.7 Å². The summed E-state index contributed by atoms with van der Waals surface area (Å²) in [4.78, 5) is 13.4. The number of ether oxygens (including phenoxy) is 2. The Kier molecular flexibility index (Phi) is 7.34. The highest BCUT2D eigenvalue weighted by atomic mass is 19.3. The minimum absolute atomic E-state index is 0.0121. The van der Waals surface area contributed by atoms with Crippen molar-refractivity contribution in [1.29, 1.82) is 0 Å². The van der Waals surface area contributed by atoms with E-state index < -0.39 is 6.61 Å². The molecule has 0 aliphatic rings. The maximum Gasteiger partial charge on any atom is 0.387 e. The van der Waals surface area contributed by atoms with Gasteiger partial charge in [0.05, 0.1) is 14.2 Å². The summed E-state index contributed by atoms with van der Waals surface area (Å²) in [7, 11) is 3.29. The van der Waals surface area contributed by atoms with E-state index in [4.69, 9.17) is 4.74 Å². The van der Waals surface area contributed by atoms with Gasteiger partial charge in [0, 0.05) is 11.3 Å². The molecule has 1 amide bonds. The molecular formula is C21H27F2N2O3+. The van der Waals surface area contributed by atoms with Gasteiger partial charge < -0.3 is 19.7 Å². The first-order chi connectivity index (χ1) is 13.2. The molecule has 0 radical (unpaired) electrons. The average molecular weight is 393 g/mol. The topological polar surface area (TPSA) is 52.0 Å². The van der Waals surface area contributed by atoms with E-state index in [0.29, 0.717) is 6.54 Å². The van der Waals surface area contributed by atoms with E-state index in [-0.39, 0.29) is 24.0 Å². The van der Waals surface area contributed by atoms with E-state index in [1.807, 2.05) is 40.0 Å². The molecule has 1 unspecified atom stereocenters. The highest BCUT2D eigenvalue weighted by Gasteiger charge is 2.16. The number of quaternary nitrogens is 1. The molecule has 0 spiro atoms. The molecule has 0 aliphatic heterocycles. The molecule has 1 atom stereocenters. The normalized spacial score (nSPS) is 12.0. The van der Waals surface area contributed by atoms with Crippen LogP contribution in [0, 0.1) is 20.8 Å². The van der Waals surface area contributed by atoms with E-state index in [9.17, 15) is 13.6 Å². The van der Waals surface area contributed by atoms with Crippen molar-refractivity contribution in [2.45, 2.75) is 33.9 Å². The van der Waals surface area contributed by atoms with Crippen molar-refractivity contribution in [3.63, 3.8) is 0 Å². The van der Waals surface area contributed by atoms with Gasteiger partial charge in [-0.2, -0.15) is 8.78 Å². The Morgan fingerprint density at radius 1 is 1.11 bits per heavy atom. The van der Waals surface area contributed by atoms with Gasteiger partial charge in [-0.3, -0.25) is 4.79 Å². The molecule has 0 aliphatic carbocycles. The van der Waals surface area contributed by atoms with Crippen molar-refractivity contribution in [2.24, 2.45) is 0 Å². The predicted molar refractivity (Wildman–Crippen MR) is 104 cm³/mol. The van der Waals surface area contributed by atoms with Gasteiger partial charge in [0.15, 0.2) is 18.0 Å². The summed E-state index contributed by atoms with van der Waals surface area (Å²) in [5.41, 5.74) is 4.92. The highest BCUT2D eigenvalue weighted by molar-refractivity contribution is 5.93. The molecule has 0 fully saturated rings. The van der Waals surface area contributed by atoms with Crippen LogP contribution in [0.1, 0.15) is 22.3 Å². The number of rotatable bonds is 8. The summed E-state index contributed by atoms with van der Waals surface area (Å²) < 4.78 is 34.4. The Balaban J connectivity index is 2.00. The molecule has 7 heteroatoms. The third-order valence-corrected chi connectivity index (χ3v) is 4.35. The Hall–Kier alpha value is -2.67. The smallest absolute Gasteiger partial charge is 0.387 e. The maximum absolute atomic E-state index is 12.4. The fraction of sp³-hybridized carbons (Fsp3) is 0.381. The third kappa shape index (κ3) is 5.92. The monoisotopic (exact) mass is 393 g/mol. The summed E-state index contributed by atoms with van der Waals surface area (Å²) in [6.07, 6.45) is 0. The fourth-order valence-corrected chi connectivity index (χ4v) is 3.26. The number of likely N-dealkylation sites (N-methyl/N-ethyl adjacent to an activating group) is 1. The van der Waals surface area contributed by atoms with E-state index in [1.54, 1.807) is 12.1 Å². The average Bonchev–Trinajstić information content (AvgIpc) is 2.58. The summed E-state index contributed by atoms with van der Waals surface area (Å²) in [6, 6.07) is 8.86. The lowest BCUT2D eigenvalue weighted by Gasteiger charge is -2.17. The summed E-state index contributed by atoms with van der Waals surface area (Å²) >= 11 is 0. The minimum atomic E-state index is -2.91. The van der Waals surface area contributed by atoms with Gasteiger partial charge in [0.1, 0.15) is 6.54 Å². The lowest BCUT2D eigenvalue weighted by Crippen LogP contribution is -3.08. The van der Waals surface area contributed by atoms with Crippen LogP contribution in [0.4, 0.5) is 14.5 Å². The first-order valence-corrected chi connectivity index (χ1v) is 9.00. The number of carbonyl (C=O) groups excluding carboxylic acids is 1. The number of methoxy groups -OCH3 is 1. The van der Waals surface area contributed by atoms with E-state index in [0.717, 1.165) is 32.8 Å². The largest absolute Gasteiger partial charge is 0.493 e. The van der Waals surface area contributed by atoms with Gasteiger partial charge in [-0.25, -0.2) is 0 Å². The lowest BCUT2D eigenvalue weighted by atomic mass is 10.1. The van der Waals surface area contributed by atoms with E-state index >= 15 is 0 Å². The number of carbonyl (C=O) groups is 1. The number of benzene rings is 2. The number of hydrogen-bond donors (Lipinski definition) is 2. The van der Waals surface area contributed by atoms with Crippen molar-refractivity contribution in [3.05, 3.63) is 52.6 Å². The Morgan fingerprint density at radius 3 is 2.32 bits per heavy atom. The number of nitrogens with one attached hydrogen (secondary N) is 2. The first-order valence-electron chi connectivity index (χ1n) is 9.00. The number of halogens is 2. The molecule has 2 rings (SSSR count). The van der Waals surface area contributed by atoms with Crippen LogP contribution in [0.2, 0.25) is 0 Å². The zero-order valence-electron chi connectivity index (χ0n) is 16.9. The molecule has 0 saturated heterocycles. The van der Waals surface area contributed by atoms with Crippen molar-refractivity contribution >= 4 is 11.6 Å². The van der Waals surface area contributed by atoms with Crippen LogP contribution in [0.15, 0.2) is 30.3 Å². The highest BCUT2D eigenvalue weighted by Crippen LogP contribution is 2.29. The molecule has 5 nitrogen and oxygen atoms in total. The molecule has 0 heterocycles. The van der Waals surface area contributed by atoms with Gasteiger partial charge in [-0.05, 0) is 50.1 Å². The van der Waals surface area contributed by atoms with Gasteiger partial charge in [0.2, 0.25) is 0 Å². The molecule has 2 N–H and O–H groups in total. The minimum Gasteiger partial charge on any atom is -0.493 e. The molecule has 0 saturated carbocycles. The van der Waals surface area contributed by atoms with Crippen LogP contribution in [0.25, 0.3) is 0 Å². The number of aryl methyl sites for hydroxylation is 3. The summed E-state index contributed by atoms with van der Waals surface area (Å²) in [5, 5.41) is 2.99. The molecule has 28 heavy (non-hydrogen) atoms. The molecule has 152 valence electrons. The van der Waals surface area contributed by atoms with E-state index in [2.05, 4.69) is 10.1 Å². The molecular weight excluding hydrogens is 366 g/mol. The summed E-state index contributed by atoms with van der Waals surface area (Å²) in [5.74, 6) is 0.139. The first kappa shape index (κ1) is 21.6. The zero-order valence-corrected chi connectivity index (χ0v) is 16.9.